The monoisotopic (exact) mass is 185 g/mol. The molecule has 0 aliphatic rings. The Balaban J connectivity index is -0.000000500. The van der Waals surface area contributed by atoms with Gasteiger partial charge in [-0.05, 0) is 11.8 Å². The molecule has 0 bridgehead atoms. The maximum Gasteiger partial charge on any atom is 1.00 e. The number of nitrogens with zero attached hydrogens (tertiary/aromatic N) is 2. The minimum Gasteiger partial charge on any atom is -1.00 e. The molecule has 0 aliphatic heterocycles. The molecule has 0 heterocycles. The van der Waals surface area contributed by atoms with E-state index in [0.29, 0.717) is 6.54 Å². The number of hydrazine groups is 1. The Morgan fingerprint density at radius 3 is 2.42 bits per heavy atom. The molecule has 0 aliphatic carbocycles. The van der Waals surface area contributed by atoms with Crippen LogP contribution in [0.5, 0.6) is 0 Å². The van der Waals surface area contributed by atoms with Gasteiger partial charge in [0.05, 0.1) is 11.5 Å². The summed E-state index contributed by atoms with van der Waals surface area (Å²) in [5.41, 5.74) is 2.53. The van der Waals surface area contributed by atoms with Gasteiger partial charge in [0.15, 0.2) is 0 Å². The van der Waals surface area contributed by atoms with Crippen LogP contribution < -0.4 is 35.0 Å². The SMILES string of the molecule is CC(C)(C)CCN[N+]([O-])=NO.[H-].[Na+]. The van der Waals surface area contributed by atoms with Crippen molar-refractivity contribution in [2.24, 2.45) is 10.7 Å². The molecule has 0 radical (unpaired) electrons. The summed E-state index contributed by atoms with van der Waals surface area (Å²) in [4.78, 5) is 0.0474. The molecule has 6 heteroatoms. The Hall–Kier alpha value is 0. The van der Waals surface area contributed by atoms with Crippen molar-refractivity contribution in [2.75, 3.05) is 6.54 Å². The van der Waals surface area contributed by atoms with E-state index in [1.54, 1.807) is 0 Å². The minimum atomic E-state index is 0. The predicted molar refractivity (Wildman–Crippen MR) is 41.0 cm³/mol. The van der Waals surface area contributed by atoms with Gasteiger partial charge in [-0.1, -0.05) is 20.8 Å². The van der Waals surface area contributed by atoms with Gasteiger partial charge in [0.2, 0.25) is 5.28 Å². The maximum absolute atomic E-state index is 10.3. The summed E-state index contributed by atoms with van der Waals surface area (Å²) >= 11 is 0. The van der Waals surface area contributed by atoms with Crippen LogP contribution in [0.4, 0.5) is 0 Å². The zero-order chi connectivity index (χ0) is 8.91. The fourth-order valence-corrected chi connectivity index (χ4v) is 0.558. The van der Waals surface area contributed by atoms with Gasteiger partial charge < -0.3 is 11.8 Å². The first kappa shape index (κ1) is 14.5. The van der Waals surface area contributed by atoms with E-state index >= 15 is 0 Å². The fourth-order valence-electron chi connectivity index (χ4n) is 0.558. The molecule has 0 unspecified atom stereocenters. The summed E-state index contributed by atoms with van der Waals surface area (Å²) < 4.78 is 0. The number of hydrogen-bond donors (Lipinski definition) is 2. The van der Waals surface area contributed by atoms with E-state index in [2.05, 4.69) is 31.5 Å². The first-order valence-corrected chi connectivity index (χ1v) is 3.51. The second kappa shape index (κ2) is 6.51. The number of hydrogen-bond acceptors (Lipinski definition) is 2. The minimum absolute atomic E-state index is 0. The molecule has 0 saturated carbocycles. The molecule has 68 valence electrons. The molecule has 0 aromatic rings. The van der Waals surface area contributed by atoms with E-state index in [1.165, 1.54) is 0 Å². The molecule has 0 aromatic carbocycles. The van der Waals surface area contributed by atoms with Gasteiger partial charge in [-0.3, -0.25) is 0 Å². The smallest absolute Gasteiger partial charge is 1.00 e. The summed E-state index contributed by atoms with van der Waals surface area (Å²) in [5.74, 6) is 0. The Kier molecular flexibility index (Phi) is 7.88. The Bertz CT molecular complexity index is 149. The average Bonchev–Trinajstić information content (AvgIpc) is 1.85. The van der Waals surface area contributed by atoms with Crippen LogP contribution in [0.25, 0.3) is 0 Å². The Morgan fingerprint density at radius 2 is 2.08 bits per heavy atom. The first-order valence-electron chi connectivity index (χ1n) is 3.51. The summed E-state index contributed by atoms with van der Waals surface area (Å²) in [6, 6.07) is 0. The summed E-state index contributed by atoms with van der Waals surface area (Å²) in [6.45, 7) is 6.72. The van der Waals surface area contributed by atoms with Crippen molar-refractivity contribution in [2.45, 2.75) is 27.2 Å². The van der Waals surface area contributed by atoms with E-state index < -0.39 is 0 Å². The summed E-state index contributed by atoms with van der Waals surface area (Å²) in [5, 5.41) is 20.6. The van der Waals surface area contributed by atoms with Crippen LogP contribution in [-0.2, 0) is 0 Å². The topological polar surface area (TPSA) is 70.7 Å². The molecule has 0 spiro atoms. The van der Waals surface area contributed by atoms with E-state index in [0.717, 1.165) is 6.42 Å². The predicted octanol–water partition coefficient (Wildman–Crippen LogP) is -1.60. The molecule has 12 heavy (non-hydrogen) atoms. The maximum atomic E-state index is 10.3. The van der Waals surface area contributed by atoms with E-state index in [-0.39, 0.29) is 41.4 Å². The standard InChI is InChI=1S/C6H15N3O2.Na.H/c1-6(2,3)4-5-7-9(11)8-10;;/h10H,4-5H2,1-3H3,(H,7,8);;/q;+1;-1. The molecule has 0 aromatic heterocycles. The second-order valence-electron chi connectivity index (χ2n) is 3.58. The van der Waals surface area contributed by atoms with Crippen LogP contribution in [0.1, 0.15) is 28.6 Å². The van der Waals surface area contributed by atoms with Gasteiger partial charge in [-0.25, -0.2) is 0 Å². The van der Waals surface area contributed by atoms with Crippen molar-refractivity contribution in [3.8, 4) is 0 Å². The van der Waals surface area contributed by atoms with E-state index in [9.17, 15) is 5.21 Å². The quantitative estimate of drug-likeness (QED) is 0.241. The zero-order valence-corrected chi connectivity index (χ0v) is 10.2. The molecule has 2 N–H and O–H groups in total. The van der Waals surface area contributed by atoms with Crippen LogP contribution in [0.15, 0.2) is 5.28 Å². The fraction of sp³-hybridized carbons (Fsp3) is 1.00. The van der Waals surface area contributed by atoms with Gasteiger partial charge in [0.1, 0.15) is 0 Å². The van der Waals surface area contributed by atoms with Crippen molar-refractivity contribution < 1.29 is 41.2 Å². The molecule has 0 saturated heterocycles. The van der Waals surface area contributed by atoms with Crippen molar-refractivity contribution in [1.82, 2.24) is 5.43 Å². The van der Waals surface area contributed by atoms with E-state index in [4.69, 9.17) is 5.21 Å². The average molecular weight is 185 g/mol. The molecule has 0 amide bonds. The zero-order valence-electron chi connectivity index (χ0n) is 9.16. The Labute approximate surface area is 96.1 Å². The largest absolute Gasteiger partial charge is 1.00 e. The van der Waals surface area contributed by atoms with Gasteiger partial charge in [0.25, 0.3) is 0 Å². The van der Waals surface area contributed by atoms with Crippen LogP contribution >= 0.6 is 0 Å². The van der Waals surface area contributed by atoms with Crippen LogP contribution in [-0.4, -0.2) is 16.7 Å². The molecule has 0 rings (SSSR count). The van der Waals surface area contributed by atoms with E-state index in [1.807, 2.05) is 0 Å². The third-order valence-corrected chi connectivity index (χ3v) is 1.20. The van der Waals surface area contributed by atoms with Crippen LogP contribution in [0.3, 0.4) is 0 Å². The molecular formula is C6H16N3NaO2. The summed E-state index contributed by atoms with van der Waals surface area (Å²) in [7, 11) is 0. The van der Waals surface area contributed by atoms with Gasteiger partial charge in [-0.2, -0.15) is 5.43 Å². The van der Waals surface area contributed by atoms with Crippen LogP contribution in [0, 0.1) is 10.6 Å². The van der Waals surface area contributed by atoms with Crippen molar-refractivity contribution in [1.29, 1.82) is 0 Å². The van der Waals surface area contributed by atoms with Crippen molar-refractivity contribution in [3.63, 3.8) is 0 Å². The van der Waals surface area contributed by atoms with Gasteiger partial charge >= 0.3 is 29.6 Å². The van der Waals surface area contributed by atoms with Gasteiger partial charge in [-0.15, -0.1) is 0 Å². The number of rotatable bonds is 3. The third-order valence-electron chi connectivity index (χ3n) is 1.20. The molecule has 0 fully saturated rings. The molecular weight excluding hydrogens is 169 g/mol. The normalized spacial score (nSPS) is 12.1. The first-order chi connectivity index (χ1) is 4.95. The van der Waals surface area contributed by atoms with Crippen molar-refractivity contribution >= 4 is 0 Å². The van der Waals surface area contributed by atoms with Crippen molar-refractivity contribution in [3.05, 3.63) is 5.21 Å². The second-order valence-corrected chi connectivity index (χ2v) is 3.58. The molecule has 0 atom stereocenters. The Morgan fingerprint density at radius 1 is 1.58 bits per heavy atom. The van der Waals surface area contributed by atoms with Gasteiger partial charge in [0, 0.05) is 0 Å². The number of nitrogens with one attached hydrogen (secondary N) is 1. The molecule has 5 nitrogen and oxygen atoms in total. The third kappa shape index (κ3) is 10.0. The van der Waals surface area contributed by atoms with Crippen LogP contribution in [0.2, 0.25) is 0 Å². The summed E-state index contributed by atoms with van der Waals surface area (Å²) in [6.07, 6.45) is 0.848.